The third-order valence-electron chi connectivity index (χ3n) is 2.70. The molecule has 0 bridgehead atoms. The molecule has 0 aromatic rings. The highest BCUT2D eigenvalue weighted by Crippen LogP contribution is 2.47. The van der Waals surface area contributed by atoms with Crippen LogP contribution in [-0.2, 0) is 0 Å². The Labute approximate surface area is 65.0 Å². The van der Waals surface area contributed by atoms with Crippen LogP contribution in [0.5, 0.6) is 0 Å². The summed E-state index contributed by atoms with van der Waals surface area (Å²) in [6.45, 7) is 0.472. The molecule has 0 aromatic heterocycles. The van der Waals surface area contributed by atoms with Crippen LogP contribution in [0.25, 0.3) is 0 Å². The highest BCUT2D eigenvalue weighted by Gasteiger charge is 2.53. The van der Waals surface area contributed by atoms with E-state index in [0.717, 1.165) is 12.8 Å². The minimum absolute atomic E-state index is 0.0937. The maximum atomic E-state index is 10.7. The first-order chi connectivity index (χ1) is 5.24. The zero-order valence-corrected chi connectivity index (χ0v) is 6.23. The number of carbonyl (C=O) groups is 1. The molecular formula is C7H12N2O2. The second kappa shape index (κ2) is 2.11. The van der Waals surface area contributed by atoms with E-state index in [2.05, 4.69) is 0 Å². The largest absolute Gasteiger partial charge is 0.465 e. The van der Waals surface area contributed by atoms with Gasteiger partial charge in [-0.15, -0.1) is 0 Å². The van der Waals surface area contributed by atoms with E-state index >= 15 is 0 Å². The number of carboxylic acid groups (broad SMARTS) is 1. The maximum absolute atomic E-state index is 10.7. The summed E-state index contributed by atoms with van der Waals surface area (Å²) in [5, 5.41) is 8.78. The first-order valence-corrected chi connectivity index (χ1v) is 3.95. The molecule has 1 amide bonds. The standard InChI is InChI=1S/C7H12N2O2/c8-3-5-1-4-2-6(4)9(5)7(10)11/h4-6H,1-3,8H2,(H,10,11). The van der Waals surface area contributed by atoms with Gasteiger partial charge < -0.3 is 15.7 Å². The lowest BCUT2D eigenvalue weighted by Gasteiger charge is -2.22. The smallest absolute Gasteiger partial charge is 0.407 e. The summed E-state index contributed by atoms with van der Waals surface area (Å²) in [5.74, 6) is 0.625. The van der Waals surface area contributed by atoms with Crippen LogP contribution in [-0.4, -0.2) is 34.7 Å². The molecule has 11 heavy (non-hydrogen) atoms. The quantitative estimate of drug-likeness (QED) is 0.565. The number of nitrogens with two attached hydrogens (primary N) is 1. The van der Waals surface area contributed by atoms with Gasteiger partial charge in [-0.1, -0.05) is 0 Å². The van der Waals surface area contributed by atoms with Crippen LogP contribution >= 0.6 is 0 Å². The van der Waals surface area contributed by atoms with Gasteiger partial charge in [-0.3, -0.25) is 0 Å². The van der Waals surface area contributed by atoms with Crippen molar-refractivity contribution in [3.8, 4) is 0 Å². The van der Waals surface area contributed by atoms with Crippen molar-refractivity contribution in [2.75, 3.05) is 6.54 Å². The minimum atomic E-state index is -0.801. The molecule has 0 aromatic carbocycles. The number of hydrogen-bond donors (Lipinski definition) is 2. The van der Waals surface area contributed by atoms with Gasteiger partial charge >= 0.3 is 6.09 Å². The van der Waals surface area contributed by atoms with Crippen LogP contribution in [0.4, 0.5) is 4.79 Å². The Hall–Kier alpha value is -0.770. The van der Waals surface area contributed by atoms with Crippen LogP contribution in [0.15, 0.2) is 0 Å². The summed E-state index contributed by atoms with van der Waals surface area (Å²) < 4.78 is 0. The molecule has 3 N–H and O–H groups in total. The first kappa shape index (κ1) is 6.91. The Kier molecular flexibility index (Phi) is 1.32. The fraction of sp³-hybridized carbons (Fsp3) is 0.857. The lowest BCUT2D eigenvalue weighted by Crippen LogP contribution is -2.41. The molecule has 1 saturated heterocycles. The number of hydrogen-bond acceptors (Lipinski definition) is 2. The Morgan fingerprint density at radius 1 is 1.64 bits per heavy atom. The number of amides is 1. The molecule has 1 heterocycles. The van der Waals surface area contributed by atoms with Crippen LogP contribution in [0, 0.1) is 5.92 Å². The number of fused-ring (bicyclic) bond motifs is 1. The van der Waals surface area contributed by atoms with Gasteiger partial charge in [0.1, 0.15) is 0 Å². The van der Waals surface area contributed by atoms with E-state index < -0.39 is 6.09 Å². The van der Waals surface area contributed by atoms with Gasteiger partial charge in [0.05, 0.1) is 0 Å². The second-order valence-electron chi connectivity index (χ2n) is 3.38. The van der Waals surface area contributed by atoms with Crippen LogP contribution in [0.1, 0.15) is 12.8 Å². The first-order valence-electron chi connectivity index (χ1n) is 3.95. The van der Waals surface area contributed by atoms with Crippen molar-refractivity contribution >= 4 is 6.09 Å². The van der Waals surface area contributed by atoms with Crippen molar-refractivity contribution in [1.82, 2.24) is 4.90 Å². The molecule has 2 aliphatic rings. The predicted octanol–water partition coefficient (Wildman–Crippen LogP) is 0.0859. The van der Waals surface area contributed by atoms with Gasteiger partial charge in [-0.25, -0.2) is 4.79 Å². The second-order valence-corrected chi connectivity index (χ2v) is 3.38. The molecule has 4 heteroatoms. The van der Waals surface area contributed by atoms with Crippen molar-refractivity contribution in [3.63, 3.8) is 0 Å². The van der Waals surface area contributed by atoms with E-state index in [1.807, 2.05) is 0 Å². The fourth-order valence-electron chi connectivity index (χ4n) is 2.07. The van der Waals surface area contributed by atoms with Crippen LogP contribution in [0.3, 0.4) is 0 Å². The van der Waals surface area contributed by atoms with Gasteiger partial charge in [0.2, 0.25) is 0 Å². The van der Waals surface area contributed by atoms with E-state index in [1.54, 1.807) is 0 Å². The van der Waals surface area contributed by atoms with Crippen molar-refractivity contribution in [1.29, 1.82) is 0 Å². The summed E-state index contributed by atoms with van der Waals surface area (Å²) in [7, 11) is 0. The Balaban J connectivity index is 2.08. The van der Waals surface area contributed by atoms with E-state index in [1.165, 1.54) is 4.90 Å². The summed E-state index contributed by atoms with van der Waals surface area (Å²) in [6.07, 6.45) is 1.24. The van der Waals surface area contributed by atoms with E-state index in [9.17, 15) is 4.79 Å². The van der Waals surface area contributed by atoms with Gasteiger partial charge in [0, 0.05) is 18.6 Å². The topological polar surface area (TPSA) is 66.6 Å². The molecule has 2 rings (SSSR count). The average molecular weight is 156 g/mol. The maximum Gasteiger partial charge on any atom is 0.407 e. The molecule has 0 spiro atoms. The van der Waals surface area contributed by atoms with Gasteiger partial charge in [0.15, 0.2) is 0 Å². The SMILES string of the molecule is NCC1CC2CC2N1C(=O)O. The van der Waals surface area contributed by atoms with E-state index in [0.29, 0.717) is 18.5 Å². The number of likely N-dealkylation sites (tertiary alicyclic amines) is 1. The van der Waals surface area contributed by atoms with Crippen molar-refractivity contribution in [2.24, 2.45) is 11.7 Å². The Morgan fingerprint density at radius 2 is 2.36 bits per heavy atom. The Bertz CT molecular complexity index is 195. The summed E-state index contributed by atoms with van der Waals surface area (Å²) in [6, 6.07) is 0.400. The normalized spacial score (nSPS) is 40.5. The van der Waals surface area contributed by atoms with Crippen LogP contribution < -0.4 is 5.73 Å². The third-order valence-corrected chi connectivity index (χ3v) is 2.70. The molecule has 1 aliphatic carbocycles. The molecule has 3 unspecified atom stereocenters. The molecular weight excluding hydrogens is 144 g/mol. The predicted molar refractivity (Wildman–Crippen MR) is 39.2 cm³/mol. The molecule has 1 aliphatic heterocycles. The third kappa shape index (κ3) is 0.894. The number of nitrogens with zero attached hydrogens (tertiary/aromatic N) is 1. The molecule has 2 fully saturated rings. The zero-order chi connectivity index (χ0) is 8.01. The van der Waals surface area contributed by atoms with E-state index in [4.69, 9.17) is 10.8 Å². The molecule has 3 atom stereocenters. The summed E-state index contributed by atoms with van der Waals surface area (Å²) in [5.41, 5.74) is 5.44. The van der Waals surface area contributed by atoms with Crippen LogP contribution in [0.2, 0.25) is 0 Å². The average Bonchev–Trinajstić information content (AvgIpc) is 2.61. The lowest BCUT2D eigenvalue weighted by molar-refractivity contribution is 0.132. The fourth-order valence-corrected chi connectivity index (χ4v) is 2.07. The van der Waals surface area contributed by atoms with Crippen molar-refractivity contribution in [3.05, 3.63) is 0 Å². The molecule has 0 radical (unpaired) electrons. The van der Waals surface area contributed by atoms with Gasteiger partial charge in [-0.05, 0) is 18.8 Å². The van der Waals surface area contributed by atoms with Crippen molar-refractivity contribution < 1.29 is 9.90 Å². The monoisotopic (exact) mass is 156 g/mol. The highest BCUT2D eigenvalue weighted by molar-refractivity contribution is 5.67. The lowest BCUT2D eigenvalue weighted by atomic mass is 10.2. The number of rotatable bonds is 1. The molecule has 4 nitrogen and oxygen atoms in total. The summed E-state index contributed by atoms with van der Waals surface area (Å²) >= 11 is 0. The molecule has 62 valence electrons. The van der Waals surface area contributed by atoms with Crippen molar-refractivity contribution in [2.45, 2.75) is 24.9 Å². The zero-order valence-electron chi connectivity index (χ0n) is 6.23. The Morgan fingerprint density at radius 3 is 2.82 bits per heavy atom. The molecule has 1 saturated carbocycles. The highest BCUT2D eigenvalue weighted by atomic mass is 16.4. The van der Waals surface area contributed by atoms with E-state index in [-0.39, 0.29) is 6.04 Å². The number of piperidine rings is 1. The van der Waals surface area contributed by atoms with Gasteiger partial charge in [0.25, 0.3) is 0 Å². The minimum Gasteiger partial charge on any atom is -0.465 e. The summed E-state index contributed by atoms with van der Waals surface area (Å²) in [4.78, 5) is 12.2. The van der Waals surface area contributed by atoms with Gasteiger partial charge in [-0.2, -0.15) is 0 Å².